The second-order valence-electron chi connectivity index (χ2n) is 9.23. The second kappa shape index (κ2) is 9.03. The lowest BCUT2D eigenvalue weighted by Gasteiger charge is -2.26. The van der Waals surface area contributed by atoms with Crippen LogP contribution < -0.4 is 14.2 Å². The van der Waals surface area contributed by atoms with Gasteiger partial charge >= 0.3 is 0 Å². The molecule has 0 bridgehead atoms. The molecule has 1 atom stereocenters. The van der Waals surface area contributed by atoms with Gasteiger partial charge in [0, 0.05) is 17.5 Å². The summed E-state index contributed by atoms with van der Waals surface area (Å²) < 4.78 is 19.3. The molecule has 5 rings (SSSR count). The van der Waals surface area contributed by atoms with Crippen molar-refractivity contribution >= 4 is 11.0 Å². The van der Waals surface area contributed by atoms with E-state index in [1.54, 1.807) is 0 Å². The molecule has 1 aliphatic heterocycles. The first-order valence-electron chi connectivity index (χ1n) is 11.7. The minimum atomic E-state index is -0.690. The fraction of sp³-hybridized carbons (Fsp3) is 0.321. The largest absolute Gasteiger partial charge is 0.491 e. The van der Waals surface area contributed by atoms with Crippen LogP contribution in [-0.2, 0) is 12.0 Å². The Labute approximate surface area is 199 Å². The molecule has 0 amide bonds. The smallest absolute Gasteiger partial charge is 0.163 e. The third-order valence-electron chi connectivity index (χ3n) is 6.51. The zero-order valence-electron chi connectivity index (χ0n) is 19.8. The topological polar surface area (TPSA) is 65.7 Å². The Morgan fingerprint density at radius 3 is 2.32 bits per heavy atom. The number of imidazole rings is 1. The van der Waals surface area contributed by atoms with E-state index in [0.29, 0.717) is 31.3 Å². The summed E-state index contributed by atoms with van der Waals surface area (Å²) >= 11 is 0. The van der Waals surface area contributed by atoms with Crippen LogP contribution in [0.2, 0.25) is 0 Å². The summed E-state index contributed by atoms with van der Waals surface area (Å²) in [7, 11) is 0. The van der Waals surface area contributed by atoms with Crippen molar-refractivity contribution in [3.8, 4) is 17.2 Å². The molecule has 1 unspecified atom stereocenters. The van der Waals surface area contributed by atoms with Crippen molar-refractivity contribution in [2.75, 3.05) is 19.8 Å². The minimum absolute atomic E-state index is 0.104. The Hall–Kier alpha value is -3.51. The standard InChI is InChI=1S/C28H30N2O4/c1-19-29-24-15-26-27(33-14-13-32-26)16-25(24)30(19)17-22(31)18-34-23-11-9-21(10-12-23)28(2,3)20-7-5-4-6-8-20/h4-12,15-16,22,31H,13-14,17-18H2,1-3H3. The van der Waals surface area contributed by atoms with Crippen molar-refractivity contribution in [1.82, 2.24) is 9.55 Å². The first-order chi connectivity index (χ1) is 16.4. The molecule has 0 spiro atoms. The van der Waals surface area contributed by atoms with Gasteiger partial charge in [0.1, 0.15) is 37.5 Å². The van der Waals surface area contributed by atoms with Crippen molar-refractivity contribution < 1.29 is 19.3 Å². The van der Waals surface area contributed by atoms with Gasteiger partial charge in [-0.1, -0.05) is 56.3 Å². The summed E-state index contributed by atoms with van der Waals surface area (Å²) in [6, 6.07) is 22.4. The normalized spacial score (nSPS) is 14.2. The number of hydrogen-bond donors (Lipinski definition) is 1. The molecular weight excluding hydrogens is 428 g/mol. The van der Waals surface area contributed by atoms with Crippen LogP contribution in [0, 0.1) is 6.92 Å². The van der Waals surface area contributed by atoms with E-state index in [9.17, 15) is 5.11 Å². The first kappa shape index (κ1) is 22.3. The highest BCUT2D eigenvalue weighted by atomic mass is 16.6. The van der Waals surface area contributed by atoms with Gasteiger partial charge in [0.2, 0.25) is 0 Å². The maximum atomic E-state index is 10.7. The number of aromatic nitrogens is 2. The number of benzene rings is 3. The average molecular weight is 459 g/mol. The molecule has 1 aliphatic rings. The Kier molecular flexibility index (Phi) is 5.92. The maximum absolute atomic E-state index is 10.7. The maximum Gasteiger partial charge on any atom is 0.163 e. The molecule has 176 valence electrons. The van der Waals surface area contributed by atoms with Gasteiger partial charge in [0.05, 0.1) is 17.6 Å². The van der Waals surface area contributed by atoms with Crippen LogP contribution in [0.15, 0.2) is 66.7 Å². The summed E-state index contributed by atoms with van der Waals surface area (Å²) in [4.78, 5) is 4.63. The SMILES string of the molecule is Cc1nc2cc3c(cc2n1CC(O)COc1ccc(C(C)(C)c2ccccc2)cc1)OCCO3. The van der Waals surface area contributed by atoms with Gasteiger partial charge in [-0.15, -0.1) is 0 Å². The minimum Gasteiger partial charge on any atom is -0.491 e. The van der Waals surface area contributed by atoms with Crippen molar-refractivity contribution in [3.05, 3.63) is 83.7 Å². The van der Waals surface area contributed by atoms with E-state index in [-0.39, 0.29) is 12.0 Å². The average Bonchev–Trinajstić information content (AvgIpc) is 3.15. The molecule has 0 saturated carbocycles. The predicted octanol–water partition coefficient (Wildman–Crippen LogP) is 4.88. The predicted molar refractivity (Wildman–Crippen MR) is 132 cm³/mol. The summed E-state index contributed by atoms with van der Waals surface area (Å²) in [6.45, 7) is 8.00. The lowest BCUT2D eigenvalue weighted by molar-refractivity contribution is 0.0929. The molecule has 0 aliphatic carbocycles. The fourth-order valence-corrected chi connectivity index (χ4v) is 4.46. The molecule has 0 fully saturated rings. The monoisotopic (exact) mass is 458 g/mol. The summed E-state index contributed by atoms with van der Waals surface area (Å²) in [5, 5.41) is 10.7. The van der Waals surface area contributed by atoms with E-state index >= 15 is 0 Å². The van der Waals surface area contributed by atoms with Crippen molar-refractivity contribution in [2.45, 2.75) is 38.8 Å². The Morgan fingerprint density at radius 1 is 0.971 bits per heavy atom. The Morgan fingerprint density at radius 2 is 1.62 bits per heavy atom. The molecule has 34 heavy (non-hydrogen) atoms. The first-order valence-corrected chi connectivity index (χ1v) is 11.7. The third kappa shape index (κ3) is 4.33. The van der Waals surface area contributed by atoms with E-state index in [1.165, 1.54) is 11.1 Å². The molecule has 4 aromatic rings. The number of aliphatic hydroxyl groups is 1. The van der Waals surface area contributed by atoms with Gasteiger partial charge in [-0.3, -0.25) is 0 Å². The van der Waals surface area contributed by atoms with E-state index in [2.05, 4.69) is 55.2 Å². The quantitative estimate of drug-likeness (QED) is 0.428. The molecule has 2 heterocycles. The van der Waals surface area contributed by atoms with Gasteiger partial charge in [0.25, 0.3) is 0 Å². The van der Waals surface area contributed by atoms with Crippen LogP contribution >= 0.6 is 0 Å². The summed E-state index contributed by atoms with van der Waals surface area (Å²) in [6.07, 6.45) is -0.690. The van der Waals surface area contributed by atoms with E-state index < -0.39 is 6.10 Å². The van der Waals surface area contributed by atoms with Crippen LogP contribution in [0.25, 0.3) is 11.0 Å². The van der Waals surface area contributed by atoms with Crippen molar-refractivity contribution in [1.29, 1.82) is 0 Å². The second-order valence-corrected chi connectivity index (χ2v) is 9.23. The number of ether oxygens (including phenoxy) is 3. The van der Waals surface area contributed by atoms with Gasteiger partial charge in [-0.2, -0.15) is 0 Å². The number of aryl methyl sites for hydroxylation is 1. The van der Waals surface area contributed by atoms with Crippen molar-refractivity contribution in [3.63, 3.8) is 0 Å². The van der Waals surface area contributed by atoms with Gasteiger partial charge in [-0.05, 0) is 30.2 Å². The Bertz CT molecular complexity index is 1280. The number of rotatable bonds is 7. The highest BCUT2D eigenvalue weighted by Gasteiger charge is 2.23. The van der Waals surface area contributed by atoms with Gasteiger partial charge in [0.15, 0.2) is 11.5 Å². The fourth-order valence-electron chi connectivity index (χ4n) is 4.46. The number of fused-ring (bicyclic) bond motifs is 2. The summed E-state index contributed by atoms with van der Waals surface area (Å²) in [5.41, 5.74) is 4.11. The molecular formula is C28H30N2O4. The highest BCUT2D eigenvalue weighted by molar-refractivity contribution is 5.80. The summed E-state index contributed by atoms with van der Waals surface area (Å²) in [5.74, 6) is 2.98. The molecule has 1 aromatic heterocycles. The van der Waals surface area contributed by atoms with Crippen LogP contribution in [0.4, 0.5) is 0 Å². The third-order valence-corrected chi connectivity index (χ3v) is 6.51. The van der Waals surface area contributed by atoms with Crippen molar-refractivity contribution in [2.24, 2.45) is 0 Å². The van der Waals surface area contributed by atoms with Gasteiger partial charge in [-0.25, -0.2) is 4.98 Å². The lowest BCUT2D eigenvalue weighted by Crippen LogP contribution is -2.24. The molecule has 0 saturated heterocycles. The highest BCUT2D eigenvalue weighted by Crippen LogP contribution is 2.35. The number of nitrogens with zero attached hydrogens (tertiary/aromatic N) is 2. The molecule has 0 radical (unpaired) electrons. The zero-order valence-corrected chi connectivity index (χ0v) is 19.8. The molecule has 1 N–H and O–H groups in total. The number of aliphatic hydroxyl groups excluding tert-OH is 1. The molecule has 6 heteroatoms. The number of hydrogen-bond acceptors (Lipinski definition) is 5. The van der Waals surface area contributed by atoms with Crippen LogP contribution in [0.5, 0.6) is 17.2 Å². The zero-order chi connectivity index (χ0) is 23.7. The van der Waals surface area contributed by atoms with Crippen LogP contribution in [-0.4, -0.2) is 40.6 Å². The van der Waals surface area contributed by atoms with E-state index in [1.807, 2.05) is 41.8 Å². The van der Waals surface area contributed by atoms with E-state index in [0.717, 1.165) is 22.6 Å². The lowest BCUT2D eigenvalue weighted by atomic mass is 9.78. The van der Waals surface area contributed by atoms with E-state index in [4.69, 9.17) is 14.2 Å². The molecule has 3 aromatic carbocycles. The van der Waals surface area contributed by atoms with Crippen LogP contribution in [0.1, 0.15) is 30.8 Å². The Balaban J connectivity index is 1.25. The van der Waals surface area contributed by atoms with Crippen LogP contribution in [0.3, 0.4) is 0 Å². The molecule has 6 nitrogen and oxygen atoms in total. The van der Waals surface area contributed by atoms with Gasteiger partial charge < -0.3 is 23.9 Å².